The van der Waals surface area contributed by atoms with Crippen LogP contribution in [0.25, 0.3) is 0 Å². The highest BCUT2D eigenvalue weighted by molar-refractivity contribution is 9.10. The first-order valence-corrected chi connectivity index (χ1v) is 9.83. The van der Waals surface area contributed by atoms with Gasteiger partial charge in [0.05, 0.1) is 11.3 Å². The molecule has 3 aromatic carbocycles. The second-order valence-corrected chi connectivity index (χ2v) is 7.48. The van der Waals surface area contributed by atoms with Gasteiger partial charge in [0.2, 0.25) is 0 Å². The quantitative estimate of drug-likeness (QED) is 0.377. The summed E-state index contributed by atoms with van der Waals surface area (Å²) in [6.45, 7) is -0.641. The summed E-state index contributed by atoms with van der Waals surface area (Å²) in [6.07, 6.45) is 0. The fourth-order valence-corrected chi connectivity index (χ4v) is 3.06. The number of benzene rings is 3. The Morgan fingerprint density at radius 1 is 0.967 bits per heavy atom. The first kappa shape index (κ1) is 21.7. The lowest BCUT2D eigenvalue weighted by Gasteiger charge is -2.10. The number of ether oxygens (including phenoxy) is 1. The van der Waals surface area contributed by atoms with E-state index in [1.54, 1.807) is 42.5 Å². The first-order valence-electron chi connectivity index (χ1n) is 8.66. The molecule has 0 unspecified atom stereocenters. The third kappa shape index (κ3) is 5.31. The Labute approximate surface area is 184 Å². The van der Waals surface area contributed by atoms with Gasteiger partial charge in [0, 0.05) is 20.6 Å². The zero-order valence-electron chi connectivity index (χ0n) is 15.3. The van der Waals surface area contributed by atoms with Crippen LogP contribution in [0.2, 0.25) is 5.02 Å². The number of ketones is 1. The maximum Gasteiger partial charge on any atom is 0.339 e. The minimum atomic E-state index is -0.848. The molecule has 8 heteroatoms. The molecule has 0 saturated carbocycles. The second-order valence-electron chi connectivity index (χ2n) is 6.13. The number of anilines is 1. The van der Waals surface area contributed by atoms with E-state index >= 15 is 0 Å². The maximum atomic E-state index is 13.8. The lowest BCUT2D eigenvalue weighted by atomic mass is 9.98. The van der Waals surface area contributed by atoms with Crippen molar-refractivity contribution in [1.82, 2.24) is 0 Å². The molecular weight excluding hydrogens is 477 g/mol. The Balaban J connectivity index is 1.69. The van der Waals surface area contributed by atoms with Gasteiger partial charge in [-0.05, 0) is 48.5 Å². The molecule has 0 bridgehead atoms. The number of carbonyl (C=O) groups is 3. The van der Waals surface area contributed by atoms with E-state index in [1.165, 1.54) is 24.3 Å². The second kappa shape index (κ2) is 9.65. The van der Waals surface area contributed by atoms with E-state index in [0.717, 1.165) is 0 Å². The van der Waals surface area contributed by atoms with Crippen LogP contribution in [0, 0.1) is 5.82 Å². The molecule has 0 fully saturated rings. The number of rotatable bonds is 6. The minimum Gasteiger partial charge on any atom is -0.452 e. The highest BCUT2D eigenvalue weighted by Gasteiger charge is 2.20. The molecule has 152 valence electrons. The lowest BCUT2D eigenvalue weighted by Crippen LogP contribution is -2.22. The summed E-state index contributed by atoms with van der Waals surface area (Å²) in [5.74, 6) is -2.59. The van der Waals surface area contributed by atoms with Crippen LogP contribution in [-0.4, -0.2) is 24.3 Å². The van der Waals surface area contributed by atoms with E-state index < -0.39 is 24.3 Å². The molecule has 0 aliphatic carbocycles. The van der Waals surface area contributed by atoms with Gasteiger partial charge in [-0.1, -0.05) is 45.7 Å². The van der Waals surface area contributed by atoms with E-state index in [2.05, 4.69) is 21.2 Å². The molecule has 0 radical (unpaired) electrons. The molecule has 3 aromatic rings. The Kier molecular flexibility index (Phi) is 6.97. The van der Waals surface area contributed by atoms with Crippen molar-refractivity contribution in [2.75, 3.05) is 11.9 Å². The molecule has 0 aromatic heterocycles. The van der Waals surface area contributed by atoms with Crippen LogP contribution in [0.4, 0.5) is 10.1 Å². The van der Waals surface area contributed by atoms with E-state index in [-0.39, 0.29) is 22.6 Å². The van der Waals surface area contributed by atoms with Crippen molar-refractivity contribution in [1.29, 1.82) is 0 Å². The van der Waals surface area contributed by atoms with Crippen molar-refractivity contribution in [3.05, 3.63) is 98.7 Å². The number of hydrogen-bond donors (Lipinski definition) is 1. The molecule has 0 aliphatic rings. The Bertz CT molecular complexity index is 1120. The van der Waals surface area contributed by atoms with Crippen molar-refractivity contribution in [2.45, 2.75) is 0 Å². The summed E-state index contributed by atoms with van der Waals surface area (Å²) < 4.78 is 19.3. The number of amides is 1. The number of halogens is 3. The maximum absolute atomic E-state index is 13.8. The Hall–Kier alpha value is -3.03. The van der Waals surface area contributed by atoms with Gasteiger partial charge >= 0.3 is 5.97 Å². The van der Waals surface area contributed by atoms with Gasteiger partial charge in [0.25, 0.3) is 5.91 Å². The predicted molar refractivity (Wildman–Crippen MR) is 114 cm³/mol. The summed E-state index contributed by atoms with van der Waals surface area (Å²) in [5, 5.41) is 2.80. The lowest BCUT2D eigenvalue weighted by molar-refractivity contribution is -0.119. The summed E-state index contributed by atoms with van der Waals surface area (Å²) in [5.41, 5.74) is 0.449. The first-order chi connectivity index (χ1) is 14.3. The summed E-state index contributed by atoms with van der Waals surface area (Å²) in [7, 11) is 0. The van der Waals surface area contributed by atoms with E-state index in [0.29, 0.717) is 15.1 Å². The highest BCUT2D eigenvalue weighted by atomic mass is 79.9. The molecule has 5 nitrogen and oxygen atoms in total. The monoisotopic (exact) mass is 489 g/mol. The van der Waals surface area contributed by atoms with Gasteiger partial charge < -0.3 is 10.1 Å². The van der Waals surface area contributed by atoms with Gasteiger partial charge in [0.15, 0.2) is 12.4 Å². The van der Waals surface area contributed by atoms with Crippen LogP contribution in [0.1, 0.15) is 26.3 Å². The van der Waals surface area contributed by atoms with Crippen molar-refractivity contribution in [3.63, 3.8) is 0 Å². The topological polar surface area (TPSA) is 72.5 Å². The van der Waals surface area contributed by atoms with E-state index in [4.69, 9.17) is 16.3 Å². The molecular formula is C22H14BrClFNO4. The smallest absolute Gasteiger partial charge is 0.339 e. The van der Waals surface area contributed by atoms with Gasteiger partial charge in [-0.15, -0.1) is 0 Å². The van der Waals surface area contributed by atoms with Crippen LogP contribution < -0.4 is 5.32 Å². The van der Waals surface area contributed by atoms with Gasteiger partial charge in [-0.2, -0.15) is 0 Å². The number of nitrogens with one attached hydrogen (secondary N) is 1. The van der Waals surface area contributed by atoms with Crippen molar-refractivity contribution >= 4 is 50.9 Å². The molecule has 0 heterocycles. The van der Waals surface area contributed by atoms with E-state index in [9.17, 15) is 18.8 Å². The standard InChI is InChI=1S/C22H14BrClFNO4/c23-14-7-10-19(18(25)11-14)26-20(27)12-30-22(29)17-4-2-1-3-16(17)21(28)13-5-8-15(24)9-6-13/h1-11H,12H2,(H,26,27). The fraction of sp³-hybridized carbons (Fsp3) is 0.0455. The largest absolute Gasteiger partial charge is 0.452 e. The van der Waals surface area contributed by atoms with Crippen LogP contribution in [0.5, 0.6) is 0 Å². The van der Waals surface area contributed by atoms with Gasteiger partial charge in [-0.25, -0.2) is 9.18 Å². The van der Waals surface area contributed by atoms with E-state index in [1.807, 2.05) is 0 Å². The average molecular weight is 491 g/mol. The highest BCUT2D eigenvalue weighted by Crippen LogP contribution is 2.20. The van der Waals surface area contributed by atoms with Crippen LogP contribution in [0.15, 0.2) is 71.2 Å². The normalized spacial score (nSPS) is 10.4. The van der Waals surface area contributed by atoms with Crippen molar-refractivity contribution < 1.29 is 23.5 Å². The van der Waals surface area contributed by atoms with Crippen LogP contribution >= 0.6 is 27.5 Å². The molecule has 1 N–H and O–H groups in total. The van der Waals surface area contributed by atoms with Crippen LogP contribution in [0.3, 0.4) is 0 Å². The van der Waals surface area contributed by atoms with Crippen molar-refractivity contribution in [2.24, 2.45) is 0 Å². The number of carbonyl (C=O) groups excluding carboxylic acids is 3. The Morgan fingerprint density at radius 2 is 1.63 bits per heavy atom. The zero-order valence-corrected chi connectivity index (χ0v) is 17.7. The molecule has 0 spiro atoms. The Morgan fingerprint density at radius 3 is 2.30 bits per heavy atom. The number of esters is 1. The summed E-state index contributed by atoms with van der Waals surface area (Å²) in [6, 6.07) is 16.5. The molecule has 0 atom stereocenters. The fourth-order valence-electron chi connectivity index (χ4n) is 2.60. The SMILES string of the molecule is O=C(COC(=O)c1ccccc1C(=O)c1ccc(Cl)cc1)Nc1ccc(Br)cc1F. The predicted octanol–water partition coefficient (Wildman–Crippen LogP) is 5.27. The summed E-state index contributed by atoms with van der Waals surface area (Å²) >= 11 is 8.96. The third-order valence-electron chi connectivity index (χ3n) is 4.04. The van der Waals surface area contributed by atoms with Gasteiger partial charge in [-0.3, -0.25) is 9.59 Å². The minimum absolute atomic E-state index is 0.0140. The van der Waals surface area contributed by atoms with Crippen LogP contribution in [-0.2, 0) is 9.53 Å². The molecule has 0 aliphatic heterocycles. The van der Waals surface area contributed by atoms with Crippen molar-refractivity contribution in [3.8, 4) is 0 Å². The molecule has 3 rings (SSSR count). The number of hydrogen-bond acceptors (Lipinski definition) is 4. The molecule has 1 amide bonds. The van der Waals surface area contributed by atoms with Gasteiger partial charge in [0.1, 0.15) is 5.82 Å². The zero-order chi connectivity index (χ0) is 21.7. The molecule has 0 saturated heterocycles. The third-order valence-corrected chi connectivity index (χ3v) is 4.78. The summed E-state index contributed by atoms with van der Waals surface area (Å²) in [4.78, 5) is 37.2. The molecule has 30 heavy (non-hydrogen) atoms. The average Bonchev–Trinajstić information content (AvgIpc) is 2.74.